The molecule has 0 aromatic heterocycles. The summed E-state index contributed by atoms with van der Waals surface area (Å²) in [6.45, 7) is -1.09. The number of hydrazine groups is 1. The van der Waals surface area contributed by atoms with Gasteiger partial charge in [0, 0.05) is 5.33 Å². The van der Waals surface area contributed by atoms with Gasteiger partial charge in [-0.25, -0.2) is 10.0 Å². The lowest BCUT2D eigenvalue weighted by molar-refractivity contribution is -0.0387. The molecule has 3 nitrogen and oxygen atoms in total. The first-order chi connectivity index (χ1) is 8.56. The normalized spacial score (nSPS) is 20.7. The maximum Gasteiger partial charge on any atom is 0.313 e. The summed E-state index contributed by atoms with van der Waals surface area (Å²) in [5.74, 6) is 0. The van der Waals surface area contributed by atoms with Crippen LogP contribution in [0.25, 0.3) is 0 Å². The zero-order chi connectivity index (χ0) is 13.3. The fourth-order valence-corrected chi connectivity index (χ4v) is 2.63. The summed E-state index contributed by atoms with van der Waals surface area (Å²) in [4.78, 5) is 3.96. The van der Waals surface area contributed by atoms with Gasteiger partial charge in [-0.05, 0) is 30.2 Å². The van der Waals surface area contributed by atoms with Crippen molar-refractivity contribution in [1.82, 2.24) is 5.01 Å². The molecule has 7 heteroatoms. The summed E-state index contributed by atoms with van der Waals surface area (Å²) in [5.41, 5.74) is 1.47. The average Bonchev–Trinajstić information content (AvgIpc) is 2.64. The van der Waals surface area contributed by atoms with E-state index in [0.717, 1.165) is 10.6 Å². The van der Waals surface area contributed by atoms with Crippen LogP contribution in [0, 0.1) is 0 Å². The molecule has 1 aliphatic heterocycles. The molecule has 1 atom stereocenters. The highest BCUT2D eigenvalue weighted by molar-refractivity contribution is 9.08. The summed E-state index contributed by atoms with van der Waals surface area (Å²) < 4.78 is 26.2. The van der Waals surface area contributed by atoms with Crippen molar-refractivity contribution >= 4 is 38.5 Å². The number of hydrogen-bond donors (Lipinski definition) is 0. The van der Waals surface area contributed by atoms with Crippen LogP contribution in [0.4, 0.5) is 14.5 Å². The Hall–Kier alpha value is -0.720. The number of nitrogens with zero attached hydrogens (tertiary/aromatic N) is 3. The molecule has 1 heterocycles. The second-order valence-electron chi connectivity index (χ2n) is 3.76. The molecule has 1 aromatic rings. The Balaban J connectivity index is 2.44. The molecule has 0 radical (unpaired) electrons. The lowest BCUT2D eigenvalue weighted by Crippen LogP contribution is -2.46. The van der Waals surface area contributed by atoms with Gasteiger partial charge >= 0.3 is 6.55 Å². The van der Waals surface area contributed by atoms with Gasteiger partial charge in [0.1, 0.15) is 6.17 Å². The van der Waals surface area contributed by atoms with Gasteiger partial charge in [-0.2, -0.15) is 8.78 Å². The van der Waals surface area contributed by atoms with Crippen LogP contribution in [-0.2, 0) is 5.33 Å². The molecule has 98 valence electrons. The monoisotopic (exact) mass is 337 g/mol. The SMILES string of the molecule is CC1N=C(Cl)N(c2ccccc2CBr)N1C(F)F. The summed E-state index contributed by atoms with van der Waals surface area (Å²) in [6.07, 6.45) is -0.680. The largest absolute Gasteiger partial charge is 0.313 e. The first-order valence-corrected chi connectivity index (χ1v) is 6.80. The first-order valence-electron chi connectivity index (χ1n) is 5.30. The van der Waals surface area contributed by atoms with Crippen LogP contribution in [0.2, 0.25) is 0 Å². The van der Waals surface area contributed by atoms with Crippen molar-refractivity contribution in [3.63, 3.8) is 0 Å². The van der Waals surface area contributed by atoms with Gasteiger partial charge < -0.3 is 0 Å². The number of para-hydroxylation sites is 1. The van der Waals surface area contributed by atoms with E-state index in [-0.39, 0.29) is 5.29 Å². The molecule has 1 aromatic carbocycles. The number of aliphatic imine (C=N–C) groups is 1. The van der Waals surface area contributed by atoms with Gasteiger partial charge in [-0.3, -0.25) is 0 Å². The molecule has 0 aliphatic carbocycles. The zero-order valence-electron chi connectivity index (χ0n) is 9.52. The highest BCUT2D eigenvalue weighted by Crippen LogP contribution is 2.32. The molecular weight excluding hydrogens is 327 g/mol. The lowest BCUT2D eigenvalue weighted by Gasteiger charge is -2.31. The molecule has 0 amide bonds. The molecule has 0 bridgehead atoms. The smallest absolute Gasteiger partial charge is 0.240 e. The number of hydrogen-bond acceptors (Lipinski definition) is 3. The molecule has 0 saturated heterocycles. The Kier molecular flexibility index (Phi) is 4.19. The highest BCUT2D eigenvalue weighted by atomic mass is 79.9. The van der Waals surface area contributed by atoms with Crippen LogP contribution in [-0.4, -0.2) is 23.0 Å². The molecular formula is C11H11BrClF2N3. The quantitative estimate of drug-likeness (QED) is 0.617. The number of anilines is 1. The molecule has 0 N–H and O–H groups in total. The molecule has 0 spiro atoms. The van der Waals surface area contributed by atoms with E-state index < -0.39 is 12.7 Å². The Morgan fingerprint density at radius 2 is 2.11 bits per heavy atom. The Bertz CT molecular complexity index is 469. The molecule has 18 heavy (non-hydrogen) atoms. The standard InChI is InChI=1S/C11H11BrClF2N3/c1-7-16-10(13)18(17(7)11(14)15)9-5-3-2-4-8(9)6-12/h2-5,7,11H,6H2,1H3. The third-order valence-electron chi connectivity index (χ3n) is 2.65. The average molecular weight is 339 g/mol. The minimum absolute atomic E-state index is 0.0520. The van der Waals surface area contributed by atoms with Crippen LogP contribution in [0.5, 0.6) is 0 Å². The minimum atomic E-state index is -2.66. The van der Waals surface area contributed by atoms with Gasteiger partial charge in [-0.1, -0.05) is 34.1 Å². The van der Waals surface area contributed by atoms with Crippen molar-refractivity contribution in [2.45, 2.75) is 25.0 Å². The number of alkyl halides is 3. The van der Waals surface area contributed by atoms with Gasteiger partial charge in [-0.15, -0.1) is 5.01 Å². The Labute approximate surface area is 117 Å². The predicted octanol–water partition coefficient (Wildman–Crippen LogP) is 3.78. The fourth-order valence-electron chi connectivity index (χ4n) is 1.84. The van der Waals surface area contributed by atoms with E-state index in [1.54, 1.807) is 19.1 Å². The second kappa shape index (κ2) is 5.50. The lowest BCUT2D eigenvalue weighted by atomic mass is 10.2. The van der Waals surface area contributed by atoms with Crippen LogP contribution in [0.15, 0.2) is 29.3 Å². The molecule has 1 aliphatic rings. The predicted molar refractivity (Wildman–Crippen MR) is 72.1 cm³/mol. The minimum Gasteiger partial charge on any atom is -0.240 e. The molecule has 2 rings (SSSR count). The first kappa shape index (κ1) is 13.7. The van der Waals surface area contributed by atoms with Crippen LogP contribution in [0.3, 0.4) is 0 Å². The van der Waals surface area contributed by atoms with E-state index >= 15 is 0 Å². The van der Waals surface area contributed by atoms with E-state index in [9.17, 15) is 8.78 Å². The topological polar surface area (TPSA) is 18.8 Å². The summed E-state index contributed by atoms with van der Waals surface area (Å²) in [7, 11) is 0. The maximum atomic E-state index is 13.1. The third kappa shape index (κ3) is 2.37. The number of benzene rings is 1. The maximum absolute atomic E-state index is 13.1. The van der Waals surface area contributed by atoms with Gasteiger partial charge in [0.25, 0.3) is 0 Å². The summed E-state index contributed by atoms with van der Waals surface area (Å²) >= 11 is 9.29. The van der Waals surface area contributed by atoms with Gasteiger partial charge in [0.05, 0.1) is 5.69 Å². The van der Waals surface area contributed by atoms with Crippen LogP contribution >= 0.6 is 27.5 Å². The number of amidine groups is 1. The molecule has 0 fully saturated rings. The van der Waals surface area contributed by atoms with Crippen LogP contribution < -0.4 is 5.01 Å². The third-order valence-corrected chi connectivity index (χ3v) is 3.51. The van der Waals surface area contributed by atoms with E-state index in [4.69, 9.17) is 11.6 Å². The Morgan fingerprint density at radius 1 is 1.44 bits per heavy atom. The van der Waals surface area contributed by atoms with E-state index in [0.29, 0.717) is 11.0 Å². The molecule has 1 unspecified atom stereocenters. The number of rotatable bonds is 3. The van der Waals surface area contributed by atoms with Crippen molar-refractivity contribution in [3.8, 4) is 0 Å². The number of halogens is 4. The van der Waals surface area contributed by atoms with Crippen molar-refractivity contribution in [2.24, 2.45) is 4.99 Å². The van der Waals surface area contributed by atoms with Crippen molar-refractivity contribution in [2.75, 3.05) is 5.01 Å². The van der Waals surface area contributed by atoms with Crippen molar-refractivity contribution in [1.29, 1.82) is 0 Å². The molecule has 0 saturated carbocycles. The highest BCUT2D eigenvalue weighted by Gasteiger charge is 2.37. The van der Waals surface area contributed by atoms with Crippen molar-refractivity contribution < 1.29 is 8.78 Å². The summed E-state index contributed by atoms with van der Waals surface area (Å²) in [6, 6.07) is 7.21. The van der Waals surface area contributed by atoms with E-state index in [1.807, 2.05) is 12.1 Å². The Morgan fingerprint density at radius 3 is 2.72 bits per heavy atom. The second-order valence-corrected chi connectivity index (χ2v) is 4.66. The fraction of sp³-hybridized carbons (Fsp3) is 0.364. The van der Waals surface area contributed by atoms with Crippen molar-refractivity contribution in [3.05, 3.63) is 29.8 Å². The van der Waals surface area contributed by atoms with E-state index in [1.165, 1.54) is 5.01 Å². The van der Waals surface area contributed by atoms with E-state index in [2.05, 4.69) is 20.9 Å². The summed E-state index contributed by atoms with van der Waals surface area (Å²) in [5, 5.41) is 2.71. The van der Waals surface area contributed by atoms with Gasteiger partial charge in [0.2, 0.25) is 5.29 Å². The van der Waals surface area contributed by atoms with Crippen LogP contribution in [0.1, 0.15) is 12.5 Å². The van der Waals surface area contributed by atoms with Gasteiger partial charge in [0.15, 0.2) is 0 Å². The zero-order valence-corrected chi connectivity index (χ0v) is 11.9.